The minimum atomic E-state index is -0.299. The molecule has 1 aromatic heterocycles. The van der Waals surface area contributed by atoms with Gasteiger partial charge in [0.25, 0.3) is 5.91 Å². The Morgan fingerprint density at radius 1 is 0.960 bits per heavy atom. The molecule has 126 valence electrons. The maximum atomic E-state index is 12.2. The number of para-hydroxylation sites is 1. The highest BCUT2D eigenvalue weighted by atomic mass is 16.5. The topological polar surface area (TPSA) is 76.1 Å². The molecule has 0 saturated carbocycles. The minimum absolute atomic E-state index is 0.252. The van der Waals surface area contributed by atoms with E-state index in [1.165, 1.54) is 0 Å². The first kappa shape index (κ1) is 16.6. The number of nitrogens with zero attached hydrogens (tertiary/aromatic N) is 2. The van der Waals surface area contributed by atoms with E-state index in [2.05, 4.69) is 20.8 Å². The second-order valence-electron chi connectivity index (χ2n) is 5.38. The number of anilines is 3. The second-order valence-corrected chi connectivity index (χ2v) is 5.38. The molecule has 0 aliphatic heterocycles. The summed E-state index contributed by atoms with van der Waals surface area (Å²) in [5.41, 5.74) is 2.90. The molecule has 0 saturated heterocycles. The summed E-state index contributed by atoms with van der Waals surface area (Å²) in [4.78, 5) is 12.2. The van der Waals surface area contributed by atoms with Gasteiger partial charge >= 0.3 is 0 Å². The van der Waals surface area contributed by atoms with Crippen molar-refractivity contribution in [3.63, 3.8) is 0 Å². The summed E-state index contributed by atoms with van der Waals surface area (Å²) in [7, 11) is 1.66. The summed E-state index contributed by atoms with van der Waals surface area (Å²) >= 11 is 0. The molecule has 6 nitrogen and oxygen atoms in total. The molecular weight excluding hydrogens is 316 g/mol. The minimum Gasteiger partial charge on any atom is -0.380 e. The maximum absolute atomic E-state index is 12.2. The number of carbonyl (C=O) groups excluding carboxylic acids is 1. The average molecular weight is 334 g/mol. The van der Waals surface area contributed by atoms with E-state index in [4.69, 9.17) is 4.74 Å². The number of carbonyl (C=O) groups is 1. The number of ether oxygens (including phenoxy) is 1. The predicted octanol–water partition coefficient (Wildman–Crippen LogP) is 3.62. The van der Waals surface area contributed by atoms with Gasteiger partial charge in [-0.15, -0.1) is 10.2 Å². The summed E-state index contributed by atoms with van der Waals surface area (Å²) in [5.74, 6) is 0.262. The highest BCUT2D eigenvalue weighted by Gasteiger charge is 2.08. The zero-order chi connectivity index (χ0) is 17.5. The van der Waals surface area contributed by atoms with Crippen molar-refractivity contribution in [2.75, 3.05) is 17.7 Å². The smallest absolute Gasteiger partial charge is 0.276 e. The number of benzene rings is 2. The van der Waals surface area contributed by atoms with E-state index in [1.807, 2.05) is 54.6 Å². The van der Waals surface area contributed by atoms with Gasteiger partial charge in [-0.3, -0.25) is 4.79 Å². The van der Waals surface area contributed by atoms with Crippen LogP contribution in [0.5, 0.6) is 0 Å². The third-order valence-corrected chi connectivity index (χ3v) is 3.44. The van der Waals surface area contributed by atoms with E-state index in [-0.39, 0.29) is 11.6 Å². The molecule has 0 fully saturated rings. The number of rotatable bonds is 6. The van der Waals surface area contributed by atoms with E-state index >= 15 is 0 Å². The van der Waals surface area contributed by atoms with Crippen molar-refractivity contribution in [3.8, 4) is 0 Å². The Labute approximate surface area is 145 Å². The Balaban J connectivity index is 1.66. The lowest BCUT2D eigenvalue weighted by molar-refractivity contribution is 0.102. The standard InChI is InChI=1S/C19H18N4O2/c1-25-13-14-6-5-9-16(12-14)20-18-11-10-17(22-23-18)19(24)21-15-7-3-2-4-8-15/h2-12H,13H2,1H3,(H,20,23)(H,21,24). The molecule has 1 amide bonds. The molecule has 25 heavy (non-hydrogen) atoms. The number of hydrogen-bond donors (Lipinski definition) is 2. The molecule has 3 rings (SSSR count). The quantitative estimate of drug-likeness (QED) is 0.720. The van der Waals surface area contributed by atoms with E-state index in [1.54, 1.807) is 19.2 Å². The Morgan fingerprint density at radius 3 is 2.48 bits per heavy atom. The number of methoxy groups -OCH3 is 1. The third-order valence-electron chi connectivity index (χ3n) is 3.44. The molecular formula is C19H18N4O2. The summed E-state index contributed by atoms with van der Waals surface area (Å²) < 4.78 is 5.12. The van der Waals surface area contributed by atoms with Crippen molar-refractivity contribution < 1.29 is 9.53 Å². The lowest BCUT2D eigenvalue weighted by atomic mass is 10.2. The first-order valence-electron chi connectivity index (χ1n) is 7.79. The fourth-order valence-corrected chi connectivity index (χ4v) is 2.29. The maximum Gasteiger partial charge on any atom is 0.276 e. The monoisotopic (exact) mass is 334 g/mol. The van der Waals surface area contributed by atoms with Gasteiger partial charge in [0.2, 0.25) is 0 Å². The third kappa shape index (κ3) is 4.62. The van der Waals surface area contributed by atoms with Crippen molar-refractivity contribution in [1.29, 1.82) is 0 Å². The SMILES string of the molecule is COCc1cccc(Nc2ccc(C(=O)Nc3ccccc3)nn2)c1. The largest absolute Gasteiger partial charge is 0.380 e. The van der Waals surface area contributed by atoms with Crippen LogP contribution in [0.1, 0.15) is 16.1 Å². The van der Waals surface area contributed by atoms with Crippen molar-refractivity contribution in [1.82, 2.24) is 10.2 Å². The molecule has 1 heterocycles. The lowest BCUT2D eigenvalue weighted by Crippen LogP contribution is -2.14. The number of amides is 1. The van der Waals surface area contributed by atoms with Gasteiger partial charge in [0.15, 0.2) is 11.5 Å². The van der Waals surface area contributed by atoms with Crippen LogP contribution in [0.25, 0.3) is 0 Å². The van der Waals surface area contributed by atoms with E-state index in [9.17, 15) is 4.79 Å². The van der Waals surface area contributed by atoms with Crippen LogP contribution in [-0.4, -0.2) is 23.2 Å². The fraction of sp³-hybridized carbons (Fsp3) is 0.105. The summed E-state index contributed by atoms with van der Waals surface area (Å²) in [6.45, 7) is 0.541. The van der Waals surface area contributed by atoms with Gasteiger partial charge in [-0.2, -0.15) is 0 Å². The molecule has 2 N–H and O–H groups in total. The van der Waals surface area contributed by atoms with Crippen molar-refractivity contribution >= 4 is 23.1 Å². The molecule has 0 bridgehead atoms. The van der Waals surface area contributed by atoms with E-state index < -0.39 is 0 Å². The molecule has 3 aromatic rings. The normalized spacial score (nSPS) is 10.3. The first-order valence-corrected chi connectivity index (χ1v) is 7.79. The molecule has 6 heteroatoms. The van der Waals surface area contributed by atoms with E-state index in [0.717, 1.165) is 11.3 Å². The Bertz CT molecular complexity index is 836. The first-order chi connectivity index (χ1) is 12.2. The Kier molecular flexibility index (Phi) is 5.33. The van der Waals surface area contributed by atoms with Gasteiger partial charge in [-0.05, 0) is 42.0 Å². The van der Waals surface area contributed by atoms with Gasteiger partial charge < -0.3 is 15.4 Å². The van der Waals surface area contributed by atoms with Gasteiger partial charge in [0.1, 0.15) is 0 Å². The van der Waals surface area contributed by atoms with Crippen LogP contribution >= 0.6 is 0 Å². The highest BCUT2D eigenvalue weighted by Crippen LogP contribution is 2.16. The van der Waals surface area contributed by atoms with Crippen LogP contribution in [0.2, 0.25) is 0 Å². The molecule has 0 atom stereocenters. The van der Waals surface area contributed by atoms with Crippen LogP contribution in [0.3, 0.4) is 0 Å². The van der Waals surface area contributed by atoms with Gasteiger partial charge in [-0.1, -0.05) is 30.3 Å². The predicted molar refractivity (Wildman–Crippen MR) is 96.9 cm³/mol. The number of nitrogens with one attached hydrogen (secondary N) is 2. The second kappa shape index (κ2) is 8.03. The molecule has 0 aliphatic carbocycles. The molecule has 0 aliphatic rings. The van der Waals surface area contributed by atoms with Crippen LogP contribution in [0, 0.1) is 0 Å². The van der Waals surface area contributed by atoms with Crippen molar-refractivity contribution in [2.24, 2.45) is 0 Å². The zero-order valence-electron chi connectivity index (χ0n) is 13.8. The summed E-state index contributed by atoms with van der Waals surface area (Å²) in [6, 6.07) is 20.4. The average Bonchev–Trinajstić information content (AvgIpc) is 2.64. The number of aromatic nitrogens is 2. The summed E-state index contributed by atoms with van der Waals surface area (Å²) in [5, 5.41) is 14.0. The number of hydrogen-bond acceptors (Lipinski definition) is 5. The molecule has 0 radical (unpaired) electrons. The Hall–Kier alpha value is -3.25. The van der Waals surface area contributed by atoms with Crippen LogP contribution in [0.4, 0.5) is 17.2 Å². The van der Waals surface area contributed by atoms with Gasteiger partial charge in [0, 0.05) is 18.5 Å². The van der Waals surface area contributed by atoms with Gasteiger partial charge in [-0.25, -0.2) is 0 Å². The van der Waals surface area contributed by atoms with Crippen molar-refractivity contribution in [3.05, 3.63) is 78.0 Å². The fourth-order valence-electron chi connectivity index (χ4n) is 2.29. The summed E-state index contributed by atoms with van der Waals surface area (Å²) in [6.07, 6.45) is 0. The van der Waals surface area contributed by atoms with Crippen molar-refractivity contribution in [2.45, 2.75) is 6.61 Å². The van der Waals surface area contributed by atoms with Crippen LogP contribution in [-0.2, 0) is 11.3 Å². The Morgan fingerprint density at radius 2 is 1.76 bits per heavy atom. The molecule has 0 unspecified atom stereocenters. The molecule has 2 aromatic carbocycles. The van der Waals surface area contributed by atoms with Crippen LogP contribution in [0.15, 0.2) is 66.7 Å². The highest BCUT2D eigenvalue weighted by molar-refractivity contribution is 6.02. The van der Waals surface area contributed by atoms with Gasteiger partial charge in [0.05, 0.1) is 6.61 Å². The van der Waals surface area contributed by atoms with E-state index in [0.29, 0.717) is 18.1 Å². The zero-order valence-corrected chi connectivity index (χ0v) is 13.8. The lowest BCUT2D eigenvalue weighted by Gasteiger charge is -2.08. The molecule has 0 spiro atoms. The van der Waals surface area contributed by atoms with Crippen LogP contribution < -0.4 is 10.6 Å².